The molecule has 4 heterocycles. The van der Waals surface area contributed by atoms with Gasteiger partial charge in [-0.2, -0.15) is 0 Å². The van der Waals surface area contributed by atoms with Crippen LogP contribution in [0.1, 0.15) is 28.8 Å². The van der Waals surface area contributed by atoms with Crippen LogP contribution in [0.25, 0.3) is 11.3 Å². The van der Waals surface area contributed by atoms with Gasteiger partial charge in [0, 0.05) is 55.4 Å². The summed E-state index contributed by atoms with van der Waals surface area (Å²) in [5.41, 5.74) is 4.83. The molecule has 1 N–H and O–H groups in total. The number of nitrogens with zero attached hydrogens (tertiary/aromatic N) is 5. The number of hydrogen-bond acceptors (Lipinski definition) is 7. The van der Waals surface area contributed by atoms with E-state index in [0.29, 0.717) is 44.4 Å². The van der Waals surface area contributed by atoms with Crippen LogP contribution in [0.15, 0.2) is 54.7 Å². The second-order valence-corrected chi connectivity index (χ2v) is 9.74. The number of morpholine rings is 1. The third-order valence-electron chi connectivity index (χ3n) is 7.43. The molecular weight excluding hydrogens is 468 g/mol. The van der Waals surface area contributed by atoms with Crippen molar-refractivity contribution in [2.75, 3.05) is 50.1 Å². The van der Waals surface area contributed by atoms with Crippen molar-refractivity contribution >= 4 is 29.1 Å². The van der Waals surface area contributed by atoms with Crippen molar-refractivity contribution in [1.82, 2.24) is 19.8 Å². The molecule has 190 valence electrons. The number of carbonyl (C=O) groups is 2. The van der Waals surface area contributed by atoms with Gasteiger partial charge in [-0.05, 0) is 61.3 Å². The van der Waals surface area contributed by atoms with Crippen molar-refractivity contribution in [2.45, 2.75) is 25.4 Å². The Balaban J connectivity index is 1.44. The summed E-state index contributed by atoms with van der Waals surface area (Å²) in [5.74, 6) is 0.527. The average Bonchev–Trinajstić information content (AvgIpc) is 3.40. The molecule has 6 rings (SSSR count). The first-order valence-electron chi connectivity index (χ1n) is 12.8. The van der Waals surface area contributed by atoms with Gasteiger partial charge in [0.1, 0.15) is 0 Å². The van der Waals surface area contributed by atoms with E-state index in [1.165, 1.54) is 0 Å². The second kappa shape index (κ2) is 9.91. The minimum absolute atomic E-state index is 0.00349. The summed E-state index contributed by atoms with van der Waals surface area (Å²) in [5, 5.41) is 3.32. The van der Waals surface area contributed by atoms with Crippen LogP contribution >= 0.6 is 0 Å². The molecule has 0 saturated carbocycles. The largest absolute Gasteiger partial charge is 0.378 e. The predicted octanol–water partition coefficient (Wildman–Crippen LogP) is 3.30. The minimum Gasteiger partial charge on any atom is -0.378 e. The first-order chi connectivity index (χ1) is 18.1. The van der Waals surface area contributed by atoms with Gasteiger partial charge >= 0.3 is 0 Å². The monoisotopic (exact) mass is 498 g/mol. The molecule has 3 aromatic rings. The number of nitrogens with one attached hydrogen (secondary N) is 1. The number of carbonyl (C=O) groups excluding carboxylic acids is 2. The summed E-state index contributed by atoms with van der Waals surface area (Å²) < 4.78 is 5.45. The predicted molar refractivity (Wildman–Crippen MR) is 141 cm³/mol. The van der Waals surface area contributed by atoms with Crippen LogP contribution in [-0.4, -0.2) is 77.5 Å². The van der Waals surface area contributed by atoms with Gasteiger partial charge in [-0.25, -0.2) is 9.97 Å². The molecule has 9 nitrogen and oxygen atoms in total. The van der Waals surface area contributed by atoms with E-state index < -0.39 is 0 Å². The molecular formula is C28H30N6O3. The van der Waals surface area contributed by atoms with Gasteiger partial charge in [0.15, 0.2) is 0 Å². The van der Waals surface area contributed by atoms with E-state index in [0.717, 1.165) is 47.6 Å². The van der Waals surface area contributed by atoms with Gasteiger partial charge in [0.05, 0.1) is 24.9 Å². The van der Waals surface area contributed by atoms with Crippen molar-refractivity contribution in [3.63, 3.8) is 0 Å². The highest BCUT2D eigenvalue weighted by atomic mass is 16.5. The lowest BCUT2D eigenvalue weighted by atomic mass is 10.0. The van der Waals surface area contributed by atoms with E-state index in [-0.39, 0.29) is 17.9 Å². The smallest absolute Gasteiger partial charge is 0.254 e. The Kier molecular flexibility index (Phi) is 6.31. The summed E-state index contributed by atoms with van der Waals surface area (Å²) in [7, 11) is 1.83. The molecule has 0 radical (unpaired) electrons. The zero-order chi connectivity index (χ0) is 25.4. The Morgan fingerprint density at radius 3 is 2.81 bits per heavy atom. The third-order valence-corrected chi connectivity index (χ3v) is 7.43. The maximum atomic E-state index is 13.7. The molecule has 1 atom stereocenters. The molecule has 9 heteroatoms. The Bertz CT molecular complexity index is 1340. The highest BCUT2D eigenvalue weighted by Crippen LogP contribution is 2.30. The van der Waals surface area contributed by atoms with Gasteiger partial charge < -0.3 is 19.9 Å². The first-order valence-corrected chi connectivity index (χ1v) is 12.8. The molecule has 0 unspecified atom stereocenters. The molecule has 2 amide bonds. The summed E-state index contributed by atoms with van der Waals surface area (Å²) in [6.07, 6.45) is 3.45. The van der Waals surface area contributed by atoms with Crippen LogP contribution in [0.4, 0.5) is 17.3 Å². The number of hydrogen-bond donors (Lipinski definition) is 1. The van der Waals surface area contributed by atoms with Crippen molar-refractivity contribution in [2.24, 2.45) is 0 Å². The molecule has 3 aliphatic heterocycles. The number of ether oxygens (including phenoxy) is 1. The minimum atomic E-state index is -0.248. The second-order valence-electron chi connectivity index (χ2n) is 9.74. The van der Waals surface area contributed by atoms with E-state index in [4.69, 9.17) is 9.72 Å². The van der Waals surface area contributed by atoms with E-state index in [1.807, 2.05) is 60.5 Å². The van der Waals surface area contributed by atoms with Gasteiger partial charge in [-0.15, -0.1) is 0 Å². The zero-order valence-corrected chi connectivity index (χ0v) is 20.9. The Labute approximate surface area is 216 Å². The summed E-state index contributed by atoms with van der Waals surface area (Å²) in [6, 6.07) is 15.2. The fourth-order valence-corrected chi connectivity index (χ4v) is 5.39. The lowest BCUT2D eigenvalue weighted by molar-refractivity contribution is -0.122. The highest BCUT2D eigenvalue weighted by molar-refractivity contribution is 5.98. The Hall–Kier alpha value is -3.82. The molecule has 0 spiro atoms. The quantitative estimate of drug-likeness (QED) is 0.551. The van der Waals surface area contributed by atoms with Crippen molar-refractivity contribution in [3.05, 3.63) is 65.9 Å². The third kappa shape index (κ3) is 4.68. The summed E-state index contributed by atoms with van der Waals surface area (Å²) >= 11 is 0. The number of benzene rings is 2. The molecule has 0 aliphatic carbocycles. The fraction of sp³-hybridized carbons (Fsp3) is 0.357. The van der Waals surface area contributed by atoms with Crippen LogP contribution in [-0.2, 0) is 16.1 Å². The van der Waals surface area contributed by atoms with Crippen LogP contribution in [0.5, 0.6) is 0 Å². The first kappa shape index (κ1) is 23.6. The van der Waals surface area contributed by atoms with E-state index >= 15 is 0 Å². The lowest BCUT2D eigenvalue weighted by Gasteiger charge is -2.30. The van der Waals surface area contributed by atoms with Crippen LogP contribution in [0.3, 0.4) is 0 Å². The summed E-state index contributed by atoms with van der Waals surface area (Å²) in [6.45, 7) is 3.55. The molecule has 2 saturated heterocycles. The Morgan fingerprint density at radius 1 is 1.08 bits per heavy atom. The molecule has 2 aromatic carbocycles. The molecule has 1 aromatic heterocycles. The van der Waals surface area contributed by atoms with Crippen LogP contribution in [0.2, 0.25) is 0 Å². The summed E-state index contributed by atoms with van der Waals surface area (Å²) in [4.78, 5) is 42.1. The van der Waals surface area contributed by atoms with Crippen molar-refractivity contribution < 1.29 is 14.3 Å². The number of amides is 2. The number of rotatable bonds is 1. The maximum absolute atomic E-state index is 13.7. The number of aromatic nitrogens is 2. The standard InChI is InChI=1S/C28H30N6O3/c1-32-22-5-2-4-19(17-22)24-9-10-29-28(31-24)30-21-7-8-23(26(35)33-12-14-37-15-13-33)20(16-21)18-34-11-3-6-25(34)27(32)36/h2,4-5,7-10,16-17,25H,3,6,11-15,18H2,1H3,(H,29,30,31)/t25-/m0/s1. The molecule has 3 aliphatic rings. The number of anilines is 3. The van der Waals surface area contributed by atoms with Gasteiger partial charge in [0.2, 0.25) is 11.9 Å². The van der Waals surface area contributed by atoms with Crippen molar-refractivity contribution in [3.8, 4) is 11.3 Å². The lowest BCUT2D eigenvalue weighted by Crippen LogP contribution is -2.44. The molecule has 37 heavy (non-hydrogen) atoms. The Morgan fingerprint density at radius 2 is 1.95 bits per heavy atom. The number of likely N-dealkylation sites (N-methyl/N-ethyl adjacent to an activating group) is 1. The highest BCUT2D eigenvalue weighted by Gasteiger charge is 2.34. The SMILES string of the molecule is CN1C(=O)[C@@H]2CCCN2Cc2cc(ccc2C(=O)N2CCOCC2)Nc2nccc(n2)-c2cccc1c2. The van der Waals surface area contributed by atoms with Crippen LogP contribution in [0, 0.1) is 0 Å². The normalized spacial score (nSPS) is 20.0. The zero-order valence-electron chi connectivity index (χ0n) is 20.9. The van der Waals surface area contributed by atoms with Gasteiger partial charge in [-0.3, -0.25) is 14.5 Å². The maximum Gasteiger partial charge on any atom is 0.254 e. The van der Waals surface area contributed by atoms with E-state index in [9.17, 15) is 9.59 Å². The van der Waals surface area contributed by atoms with E-state index in [1.54, 1.807) is 11.1 Å². The number of fused-ring (bicyclic) bond motifs is 8. The molecule has 2 fully saturated rings. The molecule has 6 bridgehead atoms. The van der Waals surface area contributed by atoms with Crippen molar-refractivity contribution in [1.29, 1.82) is 0 Å². The van der Waals surface area contributed by atoms with E-state index in [2.05, 4.69) is 15.2 Å². The van der Waals surface area contributed by atoms with Gasteiger partial charge in [-0.1, -0.05) is 12.1 Å². The fourth-order valence-electron chi connectivity index (χ4n) is 5.39. The van der Waals surface area contributed by atoms with Crippen LogP contribution < -0.4 is 10.2 Å². The average molecular weight is 499 g/mol. The van der Waals surface area contributed by atoms with Gasteiger partial charge in [0.25, 0.3) is 5.91 Å². The topological polar surface area (TPSA) is 90.9 Å².